The lowest BCUT2D eigenvalue weighted by molar-refractivity contribution is 0.174. The first-order chi connectivity index (χ1) is 25.2. The van der Waals surface area contributed by atoms with Gasteiger partial charge in [0.1, 0.15) is 11.1 Å². The molecule has 8 rings (SSSR count). The SMILES string of the molecule is COc1nc(O[C@H]2CCc3c(-c4cccc(-c5nc6c(=N)n(CCN7CC[C@@H](O)C7)cc(F)c6o5)c4Cl)cccc32)c(Cl)cc1CN1CC[C@@H](O)C1. The highest BCUT2D eigenvalue weighted by atomic mass is 35.5. The number of benzene rings is 2. The summed E-state index contributed by atoms with van der Waals surface area (Å²) in [5.74, 6) is 0.242. The number of pyridine rings is 2. The summed E-state index contributed by atoms with van der Waals surface area (Å²) in [6, 6.07) is 13.4. The van der Waals surface area contributed by atoms with E-state index in [0.29, 0.717) is 72.9 Å². The van der Waals surface area contributed by atoms with Crippen LogP contribution in [-0.2, 0) is 19.5 Å². The van der Waals surface area contributed by atoms with Gasteiger partial charge in [0, 0.05) is 63.1 Å². The maximum absolute atomic E-state index is 15.3. The maximum atomic E-state index is 15.3. The minimum Gasteiger partial charge on any atom is -0.481 e. The van der Waals surface area contributed by atoms with Crippen LogP contribution < -0.4 is 15.0 Å². The molecule has 14 heteroatoms. The Balaban J connectivity index is 1.05. The van der Waals surface area contributed by atoms with Gasteiger partial charge < -0.3 is 28.7 Å². The van der Waals surface area contributed by atoms with Crippen molar-refractivity contribution in [2.24, 2.45) is 0 Å². The number of aliphatic hydroxyl groups excluding tert-OH is 2. The van der Waals surface area contributed by atoms with Crippen LogP contribution in [0.3, 0.4) is 0 Å². The molecule has 0 saturated carbocycles. The van der Waals surface area contributed by atoms with E-state index in [4.69, 9.17) is 42.5 Å². The Labute approximate surface area is 309 Å². The molecule has 0 unspecified atom stereocenters. The van der Waals surface area contributed by atoms with E-state index in [1.807, 2.05) is 36.4 Å². The van der Waals surface area contributed by atoms with E-state index >= 15 is 4.39 Å². The number of methoxy groups -OCH3 is 1. The van der Waals surface area contributed by atoms with E-state index in [1.54, 1.807) is 13.2 Å². The van der Waals surface area contributed by atoms with Crippen molar-refractivity contribution in [3.8, 4) is 34.3 Å². The topological polar surface area (TPSA) is 133 Å². The van der Waals surface area contributed by atoms with Crippen LogP contribution in [0.5, 0.6) is 11.8 Å². The Kier molecular flexibility index (Phi) is 9.70. The number of nitrogens with zero attached hydrogens (tertiary/aromatic N) is 5. The summed E-state index contributed by atoms with van der Waals surface area (Å²) in [6.07, 6.45) is 3.16. The van der Waals surface area contributed by atoms with Crippen molar-refractivity contribution >= 4 is 34.3 Å². The van der Waals surface area contributed by atoms with Gasteiger partial charge in [-0.25, -0.2) is 9.37 Å². The van der Waals surface area contributed by atoms with Crippen LogP contribution in [0.1, 0.15) is 42.1 Å². The first-order valence-electron chi connectivity index (χ1n) is 17.5. The lowest BCUT2D eigenvalue weighted by Gasteiger charge is -2.20. The zero-order chi connectivity index (χ0) is 36.1. The van der Waals surface area contributed by atoms with Gasteiger partial charge >= 0.3 is 0 Å². The van der Waals surface area contributed by atoms with Crippen molar-refractivity contribution in [1.29, 1.82) is 5.41 Å². The zero-order valence-corrected chi connectivity index (χ0v) is 30.1. The van der Waals surface area contributed by atoms with Crippen LogP contribution in [0.4, 0.5) is 4.39 Å². The molecule has 2 aromatic carbocycles. The van der Waals surface area contributed by atoms with Gasteiger partial charge in [0.15, 0.2) is 22.4 Å². The van der Waals surface area contributed by atoms with Crippen molar-refractivity contribution in [1.82, 2.24) is 24.3 Å². The van der Waals surface area contributed by atoms with Crippen molar-refractivity contribution in [3.63, 3.8) is 0 Å². The number of β-amino-alcohol motifs (C(OH)–C–C–N with tert-alkyl or cyclic N) is 2. The quantitative estimate of drug-likeness (QED) is 0.158. The molecule has 272 valence electrons. The normalized spacial score (nSPS) is 20.6. The molecular formula is C38H39Cl2FN6O5. The molecule has 3 atom stereocenters. The standard InChI is InChI=1S/C38H39Cl2FN6O5/c1-50-36-21(17-46-13-11-23(49)19-46)16-29(39)38(44-36)51-31-9-8-25-24(4-2-5-26(25)31)27-6-3-7-28(32(27)40)37-43-33-34(52-37)30(41)20-47(35(33)42)15-14-45-12-10-22(48)18-45/h2-7,16,20,22-23,31,42,48-49H,8-15,17-19H2,1H3/t22-,23-,31+/m1/s1. The molecule has 5 heterocycles. The predicted octanol–water partition coefficient (Wildman–Crippen LogP) is 5.99. The van der Waals surface area contributed by atoms with Crippen LogP contribution in [-0.4, -0.2) is 86.6 Å². The monoisotopic (exact) mass is 748 g/mol. The second kappa shape index (κ2) is 14.4. The van der Waals surface area contributed by atoms with E-state index in [9.17, 15) is 10.2 Å². The number of fused-ring (bicyclic) bond motifs is 2. The highest BCUT2D eigenvalue weighted by Gasteiger charge is 2.30. The Morgan fingerprint density at radius 3 is 2.42 bits per heavy atom. The molecule has 0 spiro atoms. The number of hydrogen-bond donors (Lipinski definition) is 3. The molecule has 0 amide bonds. The fraction of sp³-hybridized carbons (Fsp3) is 0.395. The molecule has 11 nitrogen and oxygen atoms in total. The summed E-state index contributed by atoms with van der Waals surface area (Å²) in [4.78, 5) is 13.4. The molecule has 2 fully saturated rings. The Morgan fingerprint density at radius 2 is 1.67 bits per heavy atom. The number of aromatic nitrogens is 3. The number of aliphatic hydroxyl groups is 2. The molecule has 3 aromatic heterocycles. The number of nitrogens with one attached hydrogen (secondary N) is 1. The number of halogens is 3. The molecule has 0 radical (unpaired) electrons. The van der Waals surface area contributed by atoms with E-state index in [1.165, 1.54) is 10.8 Å². The molecule has 52 heavy (non-hydrogen) atoms. The van der Waals surface area contributed by atoms with Crippen LogP contribution >= 0.6 is 23.2 Å². The third-order valence-electron chi connectivity index (χ3n) is 10.3. The number of ether oxygens (including phenoxy) is 2. The van der Waals surface area contributed by atoms with Crippen molar-refractivity contribution < 1.29 is 28.5 Å². The van der Waals surface area contributed by atoms with Gasteiger partial charge in [-0.1, -0.05) is 53.5 Å². The second-order valence-corrected chi connectivity index (χ2v) is 14.6. The van der Waals surface area contributed by atoms with E-state index in [0.717, 1.165) is 53.7 Å². The van der Waals surface area contributed by atoms with Gasteiger partial charge in [0.25, 0.3) is 0 Å². The van der Waals surface area contributed by atoms with Gasteiger partial charge in [-0.3, -0.25) is 15.2 Å². The summed E-state index contributed by atoms with van der Waals surface area (Å²) in [6.45, 7) is 4.26. The Hall–Kier alpha value is -4.04. The average molecular weight is 750 g/mol. The number of oxazole rings is 1. The lowest BCUT2D eigenvalue weighted by atomic mass is 9.95. The minimum absolute atomic E-state index is 0.0404. The fourth-order valence-electron chi connectivity index (χ4n) is 7.69. The molecule has 2 saturated heterocycles. The molecule has 3 aliphatic rings. The third-order valence-corrected chi connectivity index (χ3v) is 11.0. The Bertz CT molecular complexity index is 2210. The summed E-state index contributed by atoms with van der Waals surface area (Å²) in [5.41, 5.74) is 5.17. The first-order valence-corrected chi connectivity index (χ1v) is 18.3. The van der Waals surface area contributed by atoms with Gasteiger partial charge in [0.2, 0.25) is 17.7 Å². The van der Waals surface area contributed by atoms with Gasteiger partial charge in [-0.05, 0) is 54.5 Å². The van der Waals surface area contributed by atoms with E-state index in [-0.39, 0.29) is 40.8 Å². The lowest BCUT2D eigenvalue weighted by Crippen LogP contribution is -2.30. The summed E-state index contributed by atoms with van der Waals surface area (Å²) >= 11 is 13.8. The van der Waals surface area contributed by atoms with Crippen molar-refractivity contribution in [3.05, 3.63) is 86.7 Å². The fourth-order valence-corrected chi connectivity index (χ4v) is 8.22. The van der Waals surface area contributed by atoms with Gasteiger partial charge in [-0.15, -0.1) is 0 Å². The van der Waals surface area contributed by atoms with Crippen molar-refractivity contribution in [2.75, 3.05) is 39.8 Å². The summed E-state index contributed by atoms with van der Waals surface area (Å²) in [5, 5.41) is 29.3. The predicted molar refractivity (Wildman–Crippen MR) is 194 cm³/mol. The zero-order valence-electron chi connectivity index (χ0n) is 28.6. The number of likely N-dealkylation sites (tertiary alicyclic amines) is 2. The molecule has 5 aromatic rings. The van der Waals surface area contributed by atoms with Crippen LogP contribution in [0.25, 0.3) is 33.7 Å². The highest BCUT2D eigenvalue weighted by molar-refractivity contribution is 6.36. The van der Waals surface area contributed by atoms with Crippen LogP contribution in [0.15, 0.2) is 53.1 Å². The Morgan fingerprint density at radius 1 is 0.942 bits per heavy atom. The highest BCUT2D eigenvalue weighted by Crippen LogP contribution is 2.45. The average Bonchev–Trinajstić information content (AvgIpc) is 3.95. The van der Waals surface area contributed by atoms with Gasteiger partial charge in [0.05, 0.1) is 29.9 Å². The second-order valence-electron chi connectivity index (χ2n) is 13.8. The van der Waals surface area contributed by atoms with Crippen LogP contribution in [0, 0.1) is 11.2 Å². The maximum Gasteiger partial charge on any atom is 0.236 e. The summed E-state index contributed by atoms with van der Waals surface area (Å²) < 4.78 is 34.8. The number of rotatable bonds is 10. The third kappa shape index (κ3) is 6.68. The van der Waals surface area contributed by atoms with E-state index < -0.39 is 5.82 Å². The summed E-state index contributed by atoms with van der Waals surface area (Å²) in [7, 11) is 1.57. The van der Waals surface area contributed by atoms with Crippen LogP contribution in [0.2, 0.25) is 10.0 Å². The molecule has 3 N–H and O–H groups in total. The first kappa shape index (κ1) is 35.0. The molecule has 2 aliphatic heterocycles. The smallest absolute Gasteiger partial charge is 0.236 e. The minimum atomic E-state index is -0.612. The number of hydrogen-bond acceptors (Lipinski definition) is 10. The van der Waals surface area contributed by atoms with Crippen molar-refractivity contribution in [2.45, 2.75) is 57.1 Å². The molecule has 1 aliphatic carbocycles. The molecular weight excluding hydrogens is 710 g/mol. The van der Waals surface area contributed by atoms with Gasteiger partial charge in [-0.2, -0.15) is 4.98 Å². The largest absolute Gasteiger partial charge is 0.481 e. The molecule has 0 bridgehead atoms. The van der Waals surface area contributed by atoms with E-state index in [2.05, 4.69) is 19.8 Å².